The summed E-state index contributed by atoms with van der Waals surface area (Å²) in [6, 6.07) is 10.6. The zero-order valence-corrected chi connectivity index (χ0v) is 18.2. The van der Waals surface area contributed by atoms with Crippen molar-refractivity contribution in [3.05, 3.63) is 65.6 Å². The molecule has 3 heterocycles. The van der Waals surface area contributed by atoms with E-state index in [4.69, 9.17) is 0 Å². The van der Waals surface area contributed by atoms with E-state index in [1.165, 1.54) is 27.6 Å². The third kappa shape index (κ3) is 4.26. The molecule has 0 unspecified atom stereocenters. The van der Waals surface area contributed by atoms with Crippen LogP contribution in [-0.2, 0) is 17.8 Å². The van der Waals surface area contributed by atoms with E-state index in [1.807, 2.05) is 12.3 Å². The fourth-order valence-corrected chi connectivity index (χ4v) is 4.55. The van der Waals surface area contributed by atoms with Gasteiger partial charge in [-0.05, 0) is 54.0 Å². The number of rotatable bonds is 7. The first kappa shape index (κ1) is 20.6. The zero-order chi connectivity index (χ0) is 21.1. The molecule has 1 aliphatic heterocycles. The van der Waals surface area contributed by atoms with E-state index in [1.54, 1.807) is 6.20 Å². The molecule has 30 heavy (non-hydrogen) atoms. The van der Waals surface area contributed by atoms with Gasteiger partial charge in [0.05, 0.1) is 6.04 Å². The van der Waals surface area contributed by atoms with Gasteiger partial charge in [0, 0.05) is 48.6 Å². The summed E-state index contributed by atoms with van der Waals surface area (Å²) >= 11 is 0. The van der Waals surface area contributed by atoms with Crippen LogP contribution in [0.1, 0.15) is 56.3 Å². The molecule has 0 bridgehead atoms. The van der Waals surface area contributed by atoms with Crippen molar-refractivity contribution in [3.8, 4) is 0 Å². The van der Waals surface area contributed by atoms with Crippen LogP contribution in [0.2, 0.25) is 0 Å². The minimum absolute atomic E-state index is 0.103. The van der Waals surface area contributed by atoms with E-state index < -0.39 is 0 Å². The number of benzene rings is 1. The number of nitrogens with one attached hydrogen (secondary N) is 2. The molecule has 1 aliphatic rings. The number of carbonyl (C=O) groups is 1. The predicted molar refractivity (Wildman–Crippen MR) is 121 cm³/mol. The van der Waals surface area contributed by atoms with Crippen LogP contribution < -0.4 is 10.6 Å². The first-order chi connectivity index (χ1) is 14.6. The molecule has 0 saturated carbocycles. The van der Waals surface area contributed by atoms with Gasteiger partial charge in [-0.25, -0.2) is 0 Å². The van der Waals surface area contributed by atoms with E-state index in [0.717, 1.165) is 25.9 Å². The summed E-state index contributed by atoms with van der Waals surface area (Å²) in [5.74, 6) is 0.641. The van der Waals surface area contributed by atoms with Crippen LogP contribution >= 0.6 is 0 Å². The minimum atomic E-state index is -0.217. The summed E-state index contributed by atoms with van der Waals surface area (Å²) in [4.78, 5) is 17.2. The van der Waals surface area contributed by atoms with Gasteiger partial charge in [0.2, 0.25) is 5.91 Å². The first-order valence-corrected chi connectivity index (χ1v) is 11.1. The van der Waals surface area contributed by atoms with Crippen molar-refractivity contribution in [1.82, 2.24) is 20.2 Å². The van der Waals surface area contributed by atoms with Gasteiger partial charge in [-0.1, -0.05) is 39.0 Å². The average Bonchev–Trinajstić information content (AvgIpc) is 3.00. The van der Waals surface area contributed by atoms with Gasteiger partial charge in [0.25, 0.3) is 0 Å². The van der Waals surface area contributed by atoms with Crippen molar-refractivity contribution in [3.63, 3.8) is 0 Å². The molecule has 2 aromatic heterocycles. The van der Waals surface area contributed by atoms with Crippen molar-refractivity contribution < 1.29 is 4.79 Å². The van der Waals surface area contributed by atoms with Crippen LogP contribution in [0, 0.1) is 5.92 Å². The molecule has 4 rings (SSSR count). The lowest BCUT2D eigenvalue weighted by Crippen LogP contribution is -2.46. The summed E-state index contributed by atoms with van der Waals surface area (Å²) in [5.41, 5.74) is 4.97. The Hall–Kier alpha value is -2.66. The Bertz CT molecular complexity index is 1010. The molecular formula is C25H32N4O. The third-order valence-electron chi connectivity index (χ3n) is 5.87. The number of aromatic nitrogens is 2. The molecule has 0 saturated heterocycles. The second-order valence-electron chi connectivity index (χ2n) is 8.78. The number of nitrogens with zero attached hydrogens (tertiary/aromatic N) is 2. The Kier molecular flexibility index (Phi) is 6.18. The maximum atomic E-state index is 12.9. The molecular weight excluding hydrogens is 372 g/mol. The first-order valence-electron chi connectivity index (χ1n) is 11.1. The Morgan fingerprint density at radius 2 is 2.17 bits per heavy atom. The van der Waals surface area contributed by atoms with Gasteiger partial charge >= 0.3 is 0 Å². The highest BCUT2D eigenvalue weighted by Gasteiger charge is 2.30. The maximum Gasteiger partial charge on any atom is 0.237 e. The number of pyridine rings is 1. The summed E-state index contributed by atoms with van der Waals surface area (Å²) < 4.78 is 2.31. The Labute approximate surface area is 178 Å². The van der Waals surface area contributed by atoms with Gasteiger partial charge in [-0.15, -0.1) is 0 Å². The Balaban J connectivity index is 1.76. The molecule has 0 spiro atoms. The lowest BCUT2D eigenvalue weighted by molar-refractivity contribution is -0.123. The van der Waals surface area contributed by atoms with Crippen molar-refractivity contribution >= 4 is 16.8 Å². The smallest absolute Gasteiger partial charge is 0.237 e. The highest BCUT2D eigenvalue weighted by atomic mass is 16.2. The van der Waals surface area contributed by atoms with E-state index >= 15 is 0 Å². The lowest BCUT2D eigenvalue weighted by Gasteiger charge is -2.25. The Morgan fingerprint density at radius 3 is 2.90 bits per heavy atom. The lowest BCUT2D eigenvalue weighted by atomic mass is 9.94. The van der Waals surface area contributed by atoms with Crippen molar-refractivity contribution in [2.45, 2.75) is 58.7 Å². The van der Waals surface area contributed by atoms with Crippen molar-refractivity contribution in [2.24, 2.45) is 5.92 Å². The average molecular weight is 405 g/mol. The number of amides is 1. The largest absolute Gasteiger partial charge is 0.355 e. The molecule has 3 aromatic rings. The highest BCUT2D eigenvalue weighted by molar-refractivity contribution is 5.90. The van der Waals surface area contributed by atoms with E-state index in [2.05, 4.69) is 71.4 Å². The third-order valence-corrected chi connectivity index (χ3v) is 5.87. The molecule has 1 aromatic carbocycles. The number of carbonyl (C=O) groups excluding carboxylic acids is 1. The topological polar surface area (TPSA) is 59.0 Å². The normalized spacial score (nSPS) is 18.5. The molecule has 0 radical (unpaired) electrons. The maximum absolute atomic E-state index is 12.9. The van der Waals surface area contributed by atoms with E-state index in [-0.39, 0.29) is 18.0 Å². The fraction of sp³-hybridized carbons (Fsp3) is 0.440. The van der Waals surface area contributed by atoms with E-state index in [0.29, 0.717) is 12.3 Å². The molecule has 2 N–H and O–H groups in total. The quantitative estimate of drug-likeness (QED) is 0.620. The van der Waals surface area contributed by atoms with Crippen LogP contribution in [0.5, 0.6) is 0 Å². The van der Waals surface area contributed by atoms with Gasteiger partial charge in [-0.2, -0.15) is 0 Å². The van der Waals surface area contributed by atoms with Crippen molar-refractivity contribution in [2.75, 3.05) is 6.54 Å². The summed E-state index contributed by atoms with van der Waals surface area (Å²) in [6.07, 6.45) is 8.62. The summed E-state index contributed by atoms with van der Waals surface area (Å²) in [7, 11) is 0. The molecule has 5 heteroatoms. The SMILES string of the molecule is CCCNC(=O)[C@@H]1Cc2cn(Cc3cccnc3)c3cccc(c23)[C@H](CC(C)C)N1. The van der Waals surface area contributed by atoms with Gasteiger partial charge in [0.15, 0.2) is 0 Å². The summed E-state index contributed by atoms with van der Waals surface area (Å²) in [5, 5.41) is 8.09. The monoisotopic (exact) mass is 404 g/mol. The van der Waals surface area contributed by atoms with Gasteiger partial charge < -0.3 is 9.88 Å². The molecule has 2 atom stereocenters. The summed E-state index contributed by atoms with van der Waals surface area (Å²) in [6.45, 7) is 8.07. The molecule has 158 valence electrons. The van der Waals surface area contributed by atoms with Crippen molar-refractivity contribution in [1.29, 1.82) is 0 Å². The van der Waals surface area contributed by atoms with Crippen LogP contribution in [0.4, 0.5) is 0 Å². The molecule has 0 fully saturated rings. The fourth-order valence-electron chi connectivity index (χ4n) is 4.55. The zero-order valence-electron chi connectivity index (χ0n) is 18.2. The van der Waals surface area contributed by atoms with Crippen LogP contribution in [-0.4, -0.2) is 28.0 Å². The van der Waals surface area contributed by atoms with Crippen LogP contribution in [0.25, 0.3) is 10.9 Å². The standard InChI is InChI=1S/C25H32N4O/c1-4-10-27-25(30)22-13-19-16-29(15-18-7-6-11-26-14-18)23-9-5-8-20(24(19)23)21(28-22)12-17(2)3/h5-9,11,14,16-17,21-22,28H,4,10,12-13,15H2,1-3H3,(H,27,30)/t21-,22-/m0/s1. The minimum Gasteiger partial charge on any atom is -0.355 e. The number of hydrogen-bond acceptors (Lipinski definition) is 3. The molecule has 1 amide bonds. The number of hydrogen-bond donors (Lipinski definition) is 2. The Morgan fingerprint density at radius 1 is 1.30 bits per heavy atom. The second kappa shape index (κ2) is 9.00. The van der Waals surface area contributed by atoms with Crippen LogP contribution in [0.3, 0.4) is 0 Å². The molecule has 0 aliphatic carbocycles. The molecule has 5 nitrogen and oxygen atoms in total. The van der Waals surface area contributed by atoms with Gasteiger partial charge in [0.1, 0.15) is 0 Å². The van der Waals surface area contributed by atoms with Gasteiger partial charge in [-0.3, -0.25) is 15.1 Å². The predicted octanol–water partition coefficient (Wildman–Crippen LogP) is 4.21. The second-order valence-corrected chi connectivity index (χ2v) is 8.78. The van der Waals surface area contributed by atoms with Crippen LogP contribution in [0.15, 0.2) is 48.9 Å². The van der Waals surface area contributed by atoms with E-state index in [9.17, 15) is 4.79 Å². The highest BCUT2D eigenvalue weighted by Crippen LogP contribution is 2.36.